The normalized spacial score (nSPS) is 28.9. The molecule has 0 heterocycles. The molecule has 0 saturated heterocycles. The van der Waals surface area contributed by atoms with Crippen LogP contribution in [-0.2, 0) is 10.3 Å². The molecule has 76 valence electrons. The highest BCUT2D eigenvalue weighted by Gasteiger charge is 2.46. The molecule has 0 amide bonds. The van der Waals surface area contributed by atoms with Crippen molar-refractivity contribution in [3.05, 3.63) is 35.4 Å². The smallest absolute Gasteiger partial charge is 0.145 e. The second-order valence-electron chi connectivity index (χ2n) is 4.28. The van der Waals surface area contributed by atoms with Crippen molar-refractivity contribution in [3.8, 4) is 0 Å². The lowest BCUT2D eigenvalue weighted by Gasteiger charge is -2.25. The van der Waals surface area contributed by atoms with Crippen LogP contribution in [0.3, 0.4) is 0 Å². The summed E-state index contributed by atoms with van der Waals surface area (Å²) in [5.74, 6) is 0. The Labute approximate surface area is 82.9 Å². The Bertz CT molecular complexity index is 346. The van der Waals surface area contributed by atoms with Crippen molar-refractivity contribution in [1.82, 2.24) is 0 Å². The van der Waals surface area contributed by atoms with Gasteiger partial charge >= 0.3 is 0 Å². The third kappa shape index (κ3) is 1.10. The molecule has 14 heavy (non-hydrogen) atoms. The van der Waals surface area contributed by atoms with Gasteiger partial charge in [-0.1, -0.05) is 38.1 Å². The molecule has 0 bridgehead atoms. The number of aliphatic hydroxyl groups is 1. The van der Waals surface area contributed by atoms with E-state index in [2.05, 4.69) is 4.89 Å². The molecular weight excluding hydrogens is 180 g/mol. The zero-order valence-corrected chi connectivity index (χ0v) is 8.27. The van der Waals surface area contributed by atoms with Crippen molar-refractivity contribution in [1.29, 1.82) is 0 Å². The summed E-state index contributed by atoms with van der Waals surface area (Å²) < 4.78 is 0. The molecule has 0 aliphatic heterocycles. The SMILES string of the molecule is CC1(C)c2ccccc2[C@H](OO)[C@H]1O. The summed E-state index contributed by atoms with van der Waals surface area (Å²) in [6.45, 7) is 3.88. The third-order valence-electron chi connectivity index (χ3n) is 3.10. The van der Waals surface area contributed by atoms with Crippen molar-refractivity contribution in [2.24, 2.45) is 0 Å². The summed E-state index contributed by atoms with van der Waals surface area (Å²) in [4.78, 5) is 4.34. The number of fused-ring (bicyclic) bond motifs is 1. The van der Waals surface area contributed by atoms with Crippen molar-refractivity contribution in [2.45, 2.75) is 31.5 Å². The Kier molecular flexibility index (Phi) is 2.10. The molecule has 3 heteroatoms. The van der Waals surface area contributed by atoms with Crippen molar-refractivity contribution in [2.75, 3.05) is 0 Å². The Morgan fingerprint density at radius 1 is 1.29 bits per heavy atom. The topological polar surface area (TPSA) is 49.7 Å². The van der Waals surface area contributed by atoms with E-state index in [4.69, 9.17) is 5.26 Å². The van der Waals surface area contributed by atoms with E-state index in [0.29, 0.717) is 0 Å². The first-order valence-electron chi connectivity index (χ1n) is 4.66. The molecule has 0 unspecified atom stereocenters. The van der Waals surface area contributed by atoms with Gasteiger partial charge in [-0.25, -0.2) is 4.89 Å². The van der Waals surface area contributed by atoms with E-state index in [1.54, 1.807) is 0 Å². The average Bonchev–Trinajstić information content (AvgIpc) is 2.37. The fourth-order valence-electron chi connectivity index (χ4n) is 2.15. The van der Waals surface area contributed by atoms with Crippen LogP contribution in [0.2, 0.25) is 0 Å². The van der Waals surface area contributed by atoms with Gasteiger partial charge in [-0.3, -0.25) is 5.26 Å². The molecule has 1 aliphatic carbocycles. The highest BCUT2D eigenvalue weighted by Crippen LogP contribution is 2.45. The van der Waals surface area contributed by atoms with Crippen LogP contribution < -0.4 is 0 Å². The van der Waals surface area contributed by atoms with Gasteiger partial charge in [-0.15, -0.1) is 0 Å². The summed E-state index contributed by atoms with van der Waals surface area (Å²) in [5, 5.41) is 18.7. The van der Waals surface area contributed by atoms with Crippen LogP contribution in [0.4, 0.5) is 0 Å². The first-order chi connectivity index (χ1) is 6.59. The van der Waals surface area contributed by atoms with E-state index >= 15 is 0 Å². The average molecular weight is 194 g/mol. The van der Waals surface area contributed by atoms with E-state index in [0.717, 1.165) is 11.1 Å². The summed E-state index contributed by atoms with van der Waals surface area (Å²) in [6, 6.07) is 7.62. The van der Waals surface area contributed by atoms with Gasteiger partial charge in [0.1, 0.15) is 6.10 Å². The molecular formula is C11H14O3. The molecule has 2 N–H and O–H groups in total. The zero-order chi connectivity index (χ0) is 10.3. The van der Waals surface area contributed by atoms with Gasteiger partial charge in [-0.2, -0.15) is 0 Å². The highest BCUT2D eigenvalue weighted by molar-refractivity contribution is 5.42. The minimum atomic E-state index is -0.704. The highest BCUT2D eigenvalue weighted by atomic mass is 17.1. The lowest BCUT2D eigenvalue weighted by molar-refractivity contribution is -0.301. The molecule has 0 fully saturated rings. The molecule has 3 nitrogen and oxygen atoms in total. The maximum absolute atomic E-state index is 9.95. The number of hydrogen-bond donors (Lipinski definition) is 2. The fraction of sp³-hybridized carbons (Fsp3) is 0.455. The van der Waals surface area contributed by atoms with E-state index < -0.39 is 12.2 Å². The van der Waals surface area contributed by atoms with Crippen molar-refractivity contribution >= 4 is 0 Å². The number of aliphatic hydroxyl groups excluding tert-OH is 1. The monoisotopic (exact) mass is 194 g/mol. The first kappa shape index (κ1) is 9.65. The van der Waals surface area contributed by atoms with Crippen molar-refractivity contribution < 1.29 is 15.3 Å². The second-order valence-corrected chi connectivity index (χ2v) is 4.28. The van der Waals surface area contributed by atoms with Crippen LogP contribution in [0, 0.1) is 0 Å². The number of rotatable bonds is 1. The minimum Gasteiger partial charge on any atom is -0.389 e. The minimum absolute atomic E-state index is 0.371. The standard InChI is InChI=1S/C11H14O3/c1-11(2)8-6-4-3-5-7(8)9(14-13)10(11)12/h3-6,9-10,12-13H,1-2H3/t9-,10+/m0/s1. The molecule has 1 aliphatic rings. The van der Waals surface area contributed by atoms with E-state index in [-0.39, 0.29) is 5.41 Å². The second kappa shape index (κ2) is 3.05. The van der Waals surface area contributed by atoms with Gasteiger partial charge in [0.25, 0.3) is 0 Å². The molecule has 1 aromatic carbocycles. The van der Waals surface area contributed by atoms with Crippen LogP contribution >= 0.6 is 0 Å². The van der Waals surface area contributed by atoms with Gasteiger partial charge in [0.05, 0.1) is 6.10 Å². The van der Waals surface area contributed by atoms with Crippen LogP contribution in [0.5, 0.6) is 0 Å². The summed E-state index contributed by atoms with van der Waals surface area (Å²) in [7, 11) is 0. The summed E-state index contributed by atoms with van der Waals surface area (Å²) >= 11 is 0. The molecule has 1 aromatic rings. The molecule has 0 aromatic heterocycles. The van der Waals surface area contributed by atoms with Crippen LogP contribution in [0.1, 0.15) is 31.1 Å². The number of benzene rings is 1. The molecule has 0 radical (unpaired) electrons. The Morgan fingerprint density at radius 2 is 1.93 bits per heavy atom. The Hall–Kier alpha value is -0.900. The van der Waals surface area contributed by atoms with Gasteiger partial charge in [-0.05, 0) is 11.1 Å². The predicted octanol–water partition coefficient (Wildman–Crippen LogP) is 1.87. The summed E-state index contributed by atoms with van der Waals surface area (Å²) in [6.07, 6.45) is -1.33. The van der Waals surface area contributed by atoms with E-state index in [1.165, 1.54) is 0 Å². The zero-order valence-electron chi connectivity index (χ0n) is 8.27. The number of hydrogen-bond acceptors (Lipinski definition) is 3. The van der Waals surface area contributed by atoms with Gasteiger partial charge in [0.2, 0.25) is 0 Å². The molecule has 0 spiro atoms. The lowest BCUT2D eigenvalue weighted by Crippen LogP contribution is -2.31. The predicted molar refractivity (Wildman–Crippen MR) is 51.9 cm³/mol. The van der Waals surface area contributed by atoms with Gasteiger partial charge < -0.3 is 5.11 Å². The first-order valence-corrected chi connectivity index (χ1v) is 4.66. The largest absolute Gasteiger partial charge is 0.389 e. The molecule has 0 saturated carbocycles. The summed E-state index contributed by atoms with van der Waals surface area (Å²) in [5.41, 5.74) is 1.53. The lowest BCUT2D eigenvalue weighted by atomic mass is 9.84. The quantitative estimate of drug-likeness (QED) is 0.530. The van der Waals surface area contributed by atoms with E-state index in [1.807, 2.05) is 38.1 Å². The van der Waals surface area contributed by atoms with Gasteiger partial charge in [0, 0.05) is 5.41 Å². The fourth-order valence-corrected chi connectivity index (χ4v) is 2.15. The molecule has 2 atom stereocenters. The Morgan fingerprint density at radius 3 is 2.57 bits per heavy atom. The van der Waals surface area contributed by atoms with Gasteiger partial charge in [0.15, 0.2) is 0 Å². The Balaban J connectivity index is 2.57. The maximum Gasteiger partial charge on any atom is 0.145 e. The van der Waals surface area contributed by atoms with Crippen LogP contribution in [-0.4, -0.2) is 16.5 Å². The van der Waals surface area contributed by atoms with E-state index in [9.17, 15) is 5.11 Å². The maximum atomic E-state index is 9.95. The van der Waals surface area contributed by atoms with Crippen LogP contribution in [0.25, 0.3) is 0 Å². The van der Waals surface area contributed by atoms with Crippen molar-refractivity contribution in [3.63, 3.8) is 0 Å². The molecule has 2 rings (SSSR count). The van der Waals surface area contributed by atoms with Crippen LogP contribution in [0.15, 0.2) is 24.3 Å². The third-order valence-corrected chi connectivity index (χ3v) is 3.10.